The number of hydrogen-bond acceptors (Lipinski definition) is 2. The first-order chi connectivity index (χ1) is 5.22. The zero-order valence-corrected chi connectivity index (χ0v) is 6.67. The number of amides is 2. The molecule has 0 radical (unpaired) electrons. The number of hydrogen-bond donors (Lipinski definition) is 2. The van der Waals surface area contributed by atoms with Gasteiger partial charge in [0.15, 0.2) is 0 Å². The highest BCUT2D eigenvalue weighted by molar-refractivity contribution is 5.81. The highest BCUT2D eigenvalue weighted by atomic mass is 16.2. The zero-order valence-electron chi connectivity index (χ0n) is 6.67. The van der Waals surface area contributed by atoms with Gasteiger partial charge in [-0.3, -0.25) is 9.59 Å². The lowest BCUT2D eigenvalue weighted by Crippen LogP contribution is -2.40. The van der Waals surface area contributed by atoms with E-state index < -0.39 is 11.9 Å². The third-order valence-corrected chi connectivity index (χ3v) is 1.46. The van der Waals surface area contributed by atoms with Crippen molar-refractivity contribution < 1.29 is 9.59 Å². The summed E-state index contributed by atoms with van der Waals surface area (Å²) in [6.45, 7) is 2.01. The number of nitrogens with one attached hydrogen (secondary N) is 1. The van der Waals surface area contributed by atoms with Gasteiger partial charge in [-0.1, -0.05) is 19.8 Å². The van der Waals surface area contributed by atoms with Gasteiger partial charge >= 0.3 is 0 Å². The maximum absolute atomic E-state index is 10.6. The van der Waals surface area contributed by atoms with Crippen LogP contribution in [0.5, 0.6) is 0 Å². The van der Waals surface area contributed by atoms with E-state index in [9.17, 15) is 9.59 Å². The Balaban J connectivity index is 3.69. The maximum Gasteiger partial charge on any atom is 0.239 e. The van der Waals surface area contributed by atoms with Gasteiger partial charge in [0.2, 0.25) is 12.3 Å². The standard InChI is InChI=1S/C7H14N2O2/c1-2-3-4-6(7(8)11)9-5-10/h5-6H,2-4H2,1H3,(H2,8,11)(H,9,10). The predicted octanol–water partition coefficient (Wildman–Crippen LogP) is -0.223. The second-order valence-electron chi connectivity index (χ2n) is 2.38. The smallest absolute Gasteiger partial charge is 0.239 e. The van der Waals surface area contributed by atoms with E-state index in [4.69, 9.17) is 5.73 Å². The molecule has 0 saturated heterocycles. The highest BCUT2D eigenvalue weighted by Gasteiger charge is 2.11. The van der Waals surface area contributed by atoms with E-state index in [1.807, 2.05) is 6.92 Å². The van der Waals surface area contributed by atoms with Crippen LogP contribution in [0.4, 0.5) is 0 Å². The van der Waals surface area contributed by atoms with Gasteiger partial charge in [0.05, 0.1) is 0 Å². The van der Waals surface area contributed by atoms with Crippen LogP contribution in [0, 0.1) is 0 Å². The number of rotatable bonds is 6. The van der Waals surface area contributed by atoms with E-state index >= 15 is 0 Å². The Kier molecular flexibility index (Phi) is 5.15. The van der Waals surface area contributed by atoms with Gasteiger partial charge < -0.3 is 11.1 Å². The minimum atomic E-state index is -0.493. The van der Waals surface area contributed by atoms with E-state index in [1.165, 1.54) is 0 Å². The SMILES string of the molecule is CCCCC(NC=O)C(N)=O. The van der Waals surface area contributed by atoms with E-state index in [0.29, 0.717) is 12.8 Å². The molecule has 3 N–H and O–H groups in total. The van der Waals surface area contributed by atoms with Crippen molar-refractivity contribution in [1.29, 1.82) is 0 Å². The Morgan fingerprint density at radius 3 is 2.73 bits per heavy atom. The highest BCUT2D eigenvalue weighted by Crippen LogP contribution is 1.98. The number of nitrogens with two attached hydrogens (primary N) is 1. The van der Waals surface area contributed by atoms with Crippen LogP contribution in [0.3, 0.4) is 0 Å². The van der Waals surface area contributed by atoms with Gasteiger partial charge in [0, 0.05) is 0 Å². The molecule has 4 nitrogen and oxygen atoms in total. The van der Waals surface area contributed by atoms with Gasteiger partial charge in [0.25, 0.3) is 0 Å². The number of carbonyl (C=O) groups excluding carboxylic acids is 2. The third kappa shape index (κ3) is 4.36. The van der Waals surface area contributed by atoms with Gasteiger partial charge in [-0.25, -0.2) is 0 Å². The lowest BCUT2D eigenvalue weighted by molar-refractivity contribution is -0.122. The van der Waals surface area contributed by atoms with E-state index in [2.05, 4.69) is 5.32 Å². The first kappa shape index (κ1) is 9.94. The molecule has 0 fully saturated rings. The molecule has 2 amide bonds. The lowest BCUT2D eigenvalue weighted by Gasteiger charge is -2.10. The molecule has 0 aromatic carbocycles. The molecule has 4 heteroatoms. The van der Waals surface area contributed by atoms with E-state index in [0.717, 1.165) is 12.8 Å². The normalized spacial score (nSPS) is 12.1. The Morgan fingerprint density at radius 1 is 1.73 bits per heavy atom. The molecule has 0 rings (SSSR count). The monoisotopic (exact) mass is 158 g/mol. The number of unbranched alkanes of at least 4 members (excludes halogenated alkanes) is 1. The average Bonchev–Trinajstić information content (AvgIpc) is 1.97. The summed E-state index contributed by atoms with van der Waals surface area (Å²) in [7, 11) is 0. The minimum absolute atomic E-state index is 0.467. The molecule has 0 aliphatic rings. The van der Waals surface area contributed by atoms with E-state index in [-0.39, 0.29) is 0 Å². The molecule has 0 aromatic rings. The molecular formula is C7H14N2O2. The fourth-order valence-corrected chi connectivity index (χ4v) is 0.798. The van der Waals surface area contributed by atoms with Crippen molar-refractivity contribution in [2.24, 2.45) is 5.73 Å². The van der Waals surface area contributed by atoms with Crippen molar-refractivity contribution in [1.82, 2.24) is 5.32 Å². The zero-order chi connectivity index (χ0) is 8.69. The topological polar surface area (TPSA) is 72.2 Å². The van der Waals surface area contributed by atoms with Gasteiger partial charge in [-0.05, 0) is 6.42 Å². The van der Waals surface area contributed by atoms with Crippen LogP contribution in [0.25, 0.3) is 0 Å². The fraction of sp³-hybridized carbons (Fsp3) is 0.714. The Morgan fingerprint density at radius 2 is 2.36 bits per heavy atom. The summed E-state index contributed by atoms with van der Waals surface area (Å²) in [5.74, 6) is -0.467. The molecular weight excluding hydrogens is 144 g/mol. The molecule has 0 aromatic heterocycles. The molecule has 11 heavy (non-hydrogen) atoms. The summed E-state index contributed by atoms with van der Waals surface area (Å²) in [6.07, 6.45) is 3.02. The Labute approximate surface area is 66.1 Å². The Bertz CT molecular complexity index is 136. The molecule has 0 heterocycles. The van der Waals surface area contributed by atoms with Crippen LogP contribution in [0.2, 0.25) is 0 Å². The quantitative estimate of drug-likeness (QED) is 0.524. The number of carbonyl (C=O) groups is 2. The molecule has 0 bridgehead atoms. The summed E-state index contributed by atoms with van der Waals surface area (Å²) in [5.41, 5.74) is 5.00. The largest absolute Gasteiger partial charge is 0.368 e. The molecule has 1 unspecified atom stereocenters. The van der Waals surface area contributed by atoms with Gasteiger partial charge in [0.1, 0.15) is 6.04 Å². The molecule has 0 aliphatic carbocycles. The van der Waals surface area contributed by atoms with Crippen LogP contribution >= 0.6 is 0 Å². The fourth-order valence-electron chi connectivity index (χ4n) is 0.798. The summed E-state index contributed by atoms with van der Waals surface area (Å²) in [4.78, 5) is 20.6. The van der Waals surface area contributed by atoms with Crippen LogP contribution in [-0.2, 0) is 9.59 Å². The Hall–Kier alpha value is -1.06. The minimum Gasteiger partial charge on any atom is -0.368 e. The summed E-state index contributed by atoms with van der Waals surface area (Å²) in [6, 6.07) is -0.493. The van der Waals surface area contributed by atoms with Crippen molar-refractivity contribution in [3.05, 3.63) is 0 Å². The predicted molar refractivity (Wildman–Crippen MR) is 41.7 cm³/mol. The van der Waals surface area contributed by atoms with Crippen molar-refractivity contribution >= 4 is 12.3 Å². The van der Waals surface area contributed by atoms with Gasteiger partial charge in [-0.15, -0.1) is 0 Å². The van der Waals surface area contributed by atoms with Crippen molar-refractivity contribution in [2.45, 2.75) is 32.2 Å². The average molecular weight is 158 g/mol. The van der Waals surface area contributed by atoms with Crippen molar-refractivity contribution in [3.63, 3.8) is 0 Å². The maximum atomic E-state index is 10.6. The molecule has 1 atom stereocenters. The molecule has 64 valence electrons. The van der Waals surface area contributed by atoms with Crippen molar-refractivity contribution in [2.75, 3.05) is 0 Å². The van der Waals surface area contributed by atoms with Crippen LogP contribution in [-0.4, -0.2) is 18.4 Å². The first-order valence-corrected chi connectivity index (χ1v) is 3.71. The van der Waals surface area contributed by atoms with Crippen molar-refractivity contribution in [3.8, 4) is 0 Å². The summed E-state index contributed by atoms with van der Waals surface area (Å²) < 4.78 is 0. The third-order valence-electron chi connectivity index (χ3n) is 1.46. The van der Waals surface area contributed by atoms with Crippen LogP contribution < -0.4 is 11.1 Å². The summed E-state index contributed by atoms with van der Waals surface area (Å²) in [5, 5.41) is 2.36. The summed E-state index contributed by atoms with van der Waals surface area (Å²) >= 11 is 0. The second-order valence-corrected chi connectivity index (χ2v) is 2.38. The van der Waals surface area contributed by atoms with Gasteiger partial charge in [-0.2, -0.15) is 0 Å². The second kappa shape index (κ2) is 5.70. The number of primary amides is 1. The lowest BCUT2D eigenvalue weighted by atomic mass is 10.1. The van der Waals surface area contributed by atoms with Crippen LogP contribution in [0.1, 0.15) is 26.2 Å². The first-order valence-electron chi connectivity index (χ1n) is 3.71. The molecule has 0 aliphatic heterocycles. The van der Waals surface area contributed by atoms with E-state index in [1.54, 1.807) is 0 Å². The molecule has 0 spiro atoms. The molecule has 0 saturated carbocycles. The van der Waals surface area contributed by atoms with Crippen LogP contribution in [0.15, 0.2) is 0 Å².